The maximum Gasteiger partial charge on any atom is 0.317 e. The van der Waals surface area contributed by atoms with Gasteiger partial charge in [-0.25, -0.2) is 4.79 Å². The summed E-state index contributed by atoms with van der Waals surface area (Å²) in [6.07, 6.45) is 1.74. The third-order valence-electron chi connectivity index (χ3n) is 4.51. The molecule has 0 aliphatic carbocycles. The fourth-order valence-corrected chi connectivity index (χ4v) is 3.51. The van der Waals surface area contributed by atoms with Crippen molar-refractivity contribution in [1.82, 2.24) is 15.1 Å². The number of benzene rings is 1. The van der Waals surface area contributed by atoms with Gasteiger partial charge in [-0.2, -0.15) is 0 Å². The summed E-state index contributed by atoms with van der Waals surface area (Å²) in [5.74, 6) is 0.837. The summed E-state index contributed by atoms with van der Waals surface area (Å²) in [5.41, 5.74) is 1.07. The molecule has 2 aliphatic rings. The Balaban J connectivity index is 1.52. The Hall–Kier alpha value is -1.76. The molecular weight excluding hydrogens is 374 g/mol. The first kappa shape index (κ1) is 17.1. The van der Waals surface area contributed by atoms with Crippen LogP contribution in [0.25, 0.3) is 0 Å². The van der Waals surface area contributed by atoms with Crippen LogP contribution in [0.3, 0.4) is 0 Å². The first-order chi connectivity index (χ1) is 11.4. The molecule has 3 rings (SSSR count). The minimum atomic E-state index is -0.429. The van der Waals surface area contributed by atoms with Gasteiger partial charge in [-0.15, -0.1) is 0 Å². The van der Waals surface area contributed by atoms with E-state index in [4.69, 9.17) is 4.74 Å². The summed E-state index contributed by atoms with van der Waals surface area (Å²) in [7, 11) is 3.45. The monoisotopic (exact) mass is 395 g/mol. The summed E-state index contributed by atoms with van der Waals surface area (Å²) in [5, 5.41) is 2.98. The fourth-order valence-electron chi connectivity index (χ4n) is 3.11. The second-order valence-corrected chi connectivity index (χ2v) is 7.42. The standard InChI is InChI=1S/C17H22BrN3O3/c1-20(2)17(23)19-13-5-7-21(8-6-13)16(22)15-10-11-9-12(18)3-4-14(11)24-15/h3-4,9,13,15H,5-8,10H2,1-2H3,(H,19,23). The van der Waals surface area contributed by atoms with Gasteiger partial charge >= 0.3 is 6.03 Å². The molecule has 3 amide bonds. The third-order valence-corrected chi connectivity index (χ3v) is 5.01. The predicted molar refractivity (Wildman–Crippen MR) is 94.1 cm³/mol. The summed E-state index contributed by atoms with van der Waals surface area (Å²) in [6, 6.07) is 5.87. The zero-order valence-electron chi connectivity index (χ0n) is 13.9. The van der Waals surface area contributed by atoms with Crippen molar-refractivity contribution in [2.45, 2.75) is 31.4 Å². The van der Waals surface area contributed by atoms with Crippen molar-refractivity contribution >= 4 is 27.9 Å². The van der Waals surface area contributed by atoms with Gasteiger partial charge in [0.25, 0.3) is 5.91 Å². The first-order valence-electron chi connectivity index (χ1n) is 8.15. The lowest BCUT2D eigenvalue weighted by molar-refractivity contribution is -0.139. The highest BCUT2D eigenvalue weighted by Crippen LogP contribution is 2.32. The van der Waals surface area contributed by atoms with E-state index in [1.807, 2.05) is 23.1 Å². The van der Waals surface area contributed by atoms with E-state index in [-0.39, 0.29) is 18.0 Å². The van der Waals surface area contributed by atoms with Crippen molar-refractivity contribution in [3.8, 4) is 5.75 Å². The molecule has 0 bridgehead atoms. The molecule has 130 valence electrons. The summed E-state index contributed by atoms with van der Waals surface area (Å²) in [6.45, 7) is 1.30. The zero-order chi connectivity index (χ0) is 17.3. The van der Waals surface area contributed by atoms with E-state index in [1.54, 1.807) is 14.1 Å². The van der Waals surface area contributed by atoms with Gasteiger partial charge in [0.05, 0.1) is 0 Å². The van der Waals surface area contributed by atoms with E-state index >= 15 is 0 Å². The van der Waals surface area contributed by atoms with E-state index in [0.717, 1.165) is 28.6 Å². The first-order valence-corrected chi connectivity index (χ1v) is 8.95. The van der Waals surface area contributed by atoms with Crippen LogP contribution in [0.15, 0.2) is 22.7 Å². The number of rotatable bonds is 2. The smallest absolute Gasteiger partial charge is 0.317 e. The Labute approximate surface area is 150 Å². The highest BCUT2D eigenvalue weighted by atomic mass is 79.9. The van der Waals surface area contributed by atoms with E-state index in [0.29, 0.717) is 19.5 Å². The van der Waals surface area contributed by atoms with Gasteiger partial charge in [-0.1, -0.05) is 15.9 Å². The maximum absolute atomic E-state index is 12.7. The summed E-state index contributed by atoms with van der Waals surface area (Å²) in [4.78, 5) is 27.8. The second kappa shape index (κ2) is 7.01. The minimum absolute atomic E-state index is 0.0414. The van der Waals surface area contributed by atoms with Crippen LogP contribution in [0, 0.1) is 0 Å². The molecule has 1 unspecified atom stereocenters. The second-order valence-electron chi connectivity index (χ2n) is 6.51. The van der Waals surface area contributed by atoms with Gasteiger partial charge in [-0.3, -0.25) is 4.79 Å². The van der Waals surface area contributed by atoms with Gasteiger partial charge < -0.3 is 19.9 Å². The SMILES string of the molecule is CN(C)C(=O)NC1CCN(C(=O)C2Cc3cc(Br)ccc3O2)CC1. The third kappa shape index (κ3) is 3.66. The average molecular weight is 396 g/mol. The van der Waals surface area contributed by atoms with E-state index in [1.165, 1.54) is 4.90 Å². The van der Waals surface area contributed by atoms with Gasteiger partial charge in [0.1, 0.15) is 5.75 Å². The molecule has 2 heterocycles. The minimum Gasteiger partial charge on any atom is -0.480 e. The topological polar surface area (TPSA) is 61.9 Å². The number of piperidine rings is 1. The number of carbonyl (C=O) groups excluding carboxylic acids is 2. The van der Waals surface area contributed by atoms with Crippen molar-refractivity contribution in [2.24, 2.45) is 0 Å². The normalized spacial score (nSPS) is 20.3. The Morgan fingerprint density at radius 3 is 2.67 bits per heavy atom. The Kier molecular flexibility index (Phi) is 4.99. The number of halogens is 1. The van der Waals surface area contributed by atoms with E-state index < -0.39 is 6.10 Å². The van der Waals surface area contributed by atoms with Crippen molar-refractivity contribution in [2.75, 3.05) is 27.2 Å². The predicted octanol–water partition coefficient (Wildman–Crippen LogP) is 2.01. The Bertz CT molecular complexity index is 642. The molecule has 6 nitrogen and oxygen atoms in total. The summed E-state index contributed by atoms with van der Waals surface area (Å²) >= 11 is 3.45. The van der Waals surface area contributed by atoms with Crippen LogP contribution in [0.2, 0.25) is 0 Å². The quantitative estimate of drug-likeness (QED) is 0.832. The van der Waals surface area contributed by atoms with Crippen molar-refractivity contribution in [3.63, 3.8) is 0 Å². The summed E-state index contributed by atoms with van der Waals surface area (Å²) < 4.78 is 6.81. The average Bonchev–Trinajstić information content (AvgIpc) is 2.97. The number of fused-ring (bicyclic) bond motifs is 1. The molecule has 0 spiro atoms. The van der Waals surface area contributed by atoms with Crippen molar-refractivity contribution in [3.05, 3.63) is 28.2 Å². The van der Waals surface area contributed by atoms with Crippen LogP contribution in [0.5, 0.6) is 5.75 Å². The van der Waals surface area contributed by atoms with Gasteiger partial charge in [0, 0.05) is 44.1 Å². The highest BCUT2D eigenvalue weighted by Gasteiger charge is 2.34. The number of nitrogens with one attached hydrogen (secondary N) is 1. The van der Waals surface area contributed by atoms with Crippen molar-refractivity contribution in [1.29, 1.82) is 0 Å². The molecule has 1 saturated heterocycles. The number of hydrogen-bond donors (Lipinski definition) is 1. The molecule has 0 aromatic heterocycles. The molecule has 1 aromatic rings. The van der Waals surface area contributed by atoms with Crippen LogP contribution in [0.4, 0.5) is 4.79 Å². The molecular formula is C17H22BrN3O3. The number of hydrogen-bond acceptors (Lipinski definition) is 3. The molecule has 0 radical (unpaired) electrons. The van der Waals surface area contributed by atoms with Gasteiger partial charge in [0.15, 0.2) is 6.10 Å². The lowest BCUT2D eigenvalue weighted by Crippen LogP contribution is -2.51. The van der Waals surface area contributed by atoms with Crippen LogP contribution in [0.1, 0.15) is 18.4 Å². The molecule has 1 aromatic carbocycles. The number of likely N-dealkylation sites (tertiary alicyclic amines) is 1. The molecule has 7 heteroatoms. The Morgan fingerprint density at radius 2 is 2.00 bits per heavy atom. The molecule has 1 atom stereocenters. The number of carbonyl (C=O) groups is 2. The fraction of sp³-hybridized carbons (Fsp3) is 0.529. The van der Waals surface area contributed by atoms with Gasteiger partial charge in [-0.05, 0) is 36.6 Å². The zero-order valence-corrected chi connectivity index (χ0v) is 15.5. The van der Waals surface area contributed by atoms with E-state index in [2.05, 4.69) is 21.2 Å². The van der Waals surface area contributed by atoms with Crippen LogP contribution < -0.4 is 10.1 Å². The van der Waals surface area contributed by atoms with E-state index in [9.17, 15) is 9.59 Å². The number of urea groups is 1. The van der Waals surface area contributed by atoms with Crippen molar-refractivity contribution < 1.29 is 14.3 Å². The Morgan fingerprint density at radius 1 is 1.29 bits per heavy atom. The number of nitrogens with zero attached hydrogens (tertiary/aromatic N) is 2. The van der Waals surface area contributed by atoms with Crippen LogP contribution in [-0.4, -0.2) is 61.1 Å². The lowest BCUT2D eigenvalue weighted by atomic mass is 10.0. The maximum atomic E-state index is 12.7. The largest absolute Gasteiger partial charge is 0.480 e. The number of ether oxygens (including phenoxy) is 1. The highest BCUT2D eigenvalue weighted by molar-refractivity contribution is 9.10. The molecule has 1 N–H and O–H groups in total. The van der Waals surface area contributed by atoms with Crippen LogP contribution in [-0.2, 0) is 11.2 Å². The molecule has 2 aliphatic heterocycles. The molecule has 0 saturated carbocycles. The number of amides is 3. The molecule has 1 fully saturated rings. The van der Waals surface area contributed by atoms with Crippen LogP contribution >= 0.6 is 15.9 Å². The lowest BCUT2D eigenvalue weighted by Gasteiger charge is -2.34. The molecule has 24 heavy (non-hydrogen) atoms. The van der Waals surface area contributed by atoms with Gasteiger partial charge in [0.2, 0.25) is 0 Å².